The van der Waals surface area contributed by atoms with E-state index in [0.29, 0.717) is 27.5 Å². The monoisotopic (exact) mass is 460 g/mol. The van der Waals surface area contributed by atoms with Gasteiger partial charge in [-0.3, -0.25) is 14.5 Å². The molecule has 8 heteroatoms. The zero-order valence-corrected chi connectivity index (χ0v) is 18.2. The van der Waals surface area contributed by atoms with Gasteiger partial charge in [-0.15, -0.1) is 0 Å². The number of anilines is 1. The van der Waals surface area contributed by atoms with Crippen LogP contribution in [0.1, 0.15) is 17.2 Å². The van der Waals surface area contributed by atoms with Crippen molar-refractivity contribution in [1.82, 2.24) is 4.98 Å². The maximum absolute atomic E-state index is 13.6. The van der Waals surface area contributed by atoms with Gasteiger partial charge in [0.2, 0.25) is 0 Å². The summed E-state index contributed by atoms with van der Waals surface area (Å²) in [5, 5.41) is 11.3. The number of benzene rings is 3. The van der Waals surface area contributed by atoms with Crippen molar-refractivity contribution in [3.8, 4) is 5.75 Å². The van der Waals surface area contributed by atoms with E-state index in [1.807, 2.05) is 0 Å². The molecular formula is C25H17FN2O4S. The molecule has 164 valence electrons. The SMILES string of the molecule is COc1ccc2nc(N3C(=O)C(=O)/C(=C(/O)c4ccccc4)C3c3ccc(F)cc3)sc2c1. The zero-order chi connectivity index (χ0) is 23.1. The Labute approximate surface area is 192 Å². The van der Waals surface area contributed by atoms with Crippen molar-refractivity contribution in [3.05, 3.63) is 95.3 Å². The van der Waals surface area contributed by atoms with Gasteiger partial charge in [-0.1, -0.05) is 53.8 Å². The highest BCUT2D eigenvalue weighted by molar-refractivity contribution is 7.22. The van der Waals surface area contributed by atoms with Crippen LogP contribution in [0.15, 0.2) is 78.4 Å². The number of hydrogen-bond donors (Lipinski definition) is 1. The number of ketones is 1. The number of nitrogens with zero attached hydrogens (tertiary/aromatic N) is 2. The first kappa shape index (κ1) is 20.8. The Kier molecular flexibility index (Phi) is 5.14. The molecule has 0 radical (unpaired) electrons. The number of Topliss-reactive ketones (excluding diaryl/α,β-unsaturated/α-hetero) is 1. The number of carbonyl (C=O) groups is 2. The molecule has 0 spiro atoms. The average molecular weight is 460 g/mol. The van der Waals surface area contributed by atoms with Crippen LogP contribution in [-0.2, 0) is 9.59 Å². The molecule has 0 aliphatic carbocycles. The molecule has 0 bridgehead atoms. The lowest BCUT2D eigenvalue weighted by molar-refractivity contribution is -0.132. The summed E-state index contributed by atoms with van der Waals surface area (Å²) in [5.74, 6) is -1.76. The second-order valence-electron chi connectivity index (χ2n) is 7.42. The van der Waals surface area contributed by atoms with Crippen LogP contribution in [0.25, 0.3) is 16.0 Å². The highest BCUT2D eigenvalue weighted by Crippen LogP contribution is 2.44. The van der Waals surface area contributed by atoms with Crippen molar-refractivity contribution in [3.63, 3.8) is 0 Å². The predicted octanol–water partition coefficient (Wildman–Crippen LogP) is 5.07. The third-order valence-corrected chi connectivity index (χ3v) is 6.49. The molecule has 2 heterocycles. The number of methoxy groups -OCH3 is 1. The van der Waals surface area contributed by atoms with Crippen molar-refractivity contribution in [2.75, 3.05) is 12.0 Å². The maximum Gasteiger partial charge on any atom is 0.301 e. The van der Waals surface area contributed by atoms with E-state index in [4.69, 9.17) is 4.74 Å². The standard InChI is InChI=1S/C25H17FN2O4S/c1-32-17-11-12-18-19(13-17)33-25(27-18)28-21(14-7-9-16(26)10-8-14)20(23(30)24(28)31)22(29)15-5-3-2-4-6-15/h2-13,21,29H,1H3/b22-20+. The number of carbonyl (C=O) groups excluding carboxylic acids is 2. The Bertz CT molecular complexity index is 1410. The molecule has 1 unspecified atom stereocenters. The van der Waals surface area contributed by atoms with Gasteiger partial charge in [-0.25, -0.2) is 9.37 Å². The molecule has 4 aromatic rings. The Morgan fingerprint density at radius 2 is 1.79 bits per heavy atom. The molecule has 6 nitrogen and oxygen atoms in total. The molecule has 5 rings (SSSR count). The molecule has 1 aliphatic rings. The third-order valence-electron chi connectivity index (χ3n) is 5.47. The van der Waals surface area contributed by atoms with E-state index >= 15 is 0 Å². The van der Waals surface area contributed by atoms with E-state index in [0.717, 1.165) is 4.70 Å². The fourth-order valence-corrected chi connectivity index (χ4v) is 4.89. The van der Waals surface area contributed by atoms with E-state index in [2.05, 4.69) is 4.98 Å². The van der Waals surface area contributed by atoms with Gasteiger partial charge in [0.25, 0.3) is 5.78 Å². The minimum atomic E-state index is -0.965. The zero-order valence-electron chi connectivity index (χ0n) is 17.4. The van der Waals surface area contributed by atoms with Crippen LogP contribution in [0, 0.1) is 5.82 Å². The molecular weight excluding hydrogens is 443 g/mol. The molecule has 1 atom stereocenters. The highest BCUT2D eigenvalue weighted by Gasteiger charge is 2.48. The first-order valence-corrected chi connectivity index (χ1v) is 10.9. The molecule has 33 heavy (non-hydrogen) atoms. The molecule has 1 saturated heterocycles. The number of thiazole rings is 1. The van der Waals surface area contributed by atoms with Crippen LogP contribution in [-0.4, -0.2) is 28.9 Å². The first-order chi connectivity index (χ1) is 16.0. The van der Waals surface area contributed by atoms with Gasteiger partial charge in [0, 0.05) is 5.56 Å². The summed E-state index contributed by atoms with van der Waals surface area (Å²) >= 11 is 1.22. The molecule has 1 N–H and O–H groups in total. The van der Waals surface area contributed by atoms with Crippen molar-refractivity contribution in [1.29, 1.82) is 0 Å². The summed E-state index contributed by atoms with van der Waals surface area (Å²) in [6.07, 6.45) is 0. The molecule has 1 aromatic heterocycles. The Morgan fingerprint density at radius 3 is 2.48 bits per heavy atom. The second-order valence-corrected chi connectivity index (χ2v) is 8.43. The topological polar surface area (TPSA) is 79.7 Å². The lowest BCUT2D eigenvalue weighted by Crippen LogP contribution is -2.29. The van der Waals surface area contributed by atoms with Crippen molar-refractivity contribution < 1.29 is 23.8 Å². The molecule has 1 fully saturated rings. The van der Waals surface area contributed by atoms with E-state index in [9.17, 15) is 19.1 Å². The minimum Gasteiger partial charge on any atom is -0.507 e. The quantitative estimate of drug-likeness (QED) is 0.261. The summed E-state index contributed by atoms with van der Waals surface area (Å²) in [5.41, 5.74) is 1.44. The van der Waals surface area contributed by atoms with Gasteiger partial charge in [0.15, 0.2) is 5.13 Å². The number of rotatable bonds is 4. The normalized spacial score (nSPS) is 17.6. The number of aliphatic hydroxyl groups is 1. The first-order valence-electron chi connectivity index (χ1n) is 10.0. The van der Waals surface area contributed by atoms with Crippen LogP contribution < -0.4 is 9.64 Å². The third kappa shape index (κ3) is 3.54. The van der Waals surface area contributed by atoms with Gasteiger partial charge in [-0.2, -0.15) is 0 Å². The summed E-state index contributed by atoms with van der Waals surface area (Å²) in [6, 6.07) is 18.4. The molecule has 3 aromatic carbocycles. The summed E-state index contributed by atoms with van der Waals surface area (Å²) in [4.78, 5) is 32.2. The van der Waals surface area contributed by atoms with E-state index in [1.165, 1.54) is 40.5 Å². The average Bonchev–Trinajstić information content (AvgIpc) is 3.37. The Hall–Kier alpha value is -4.04. The largest absolute Gasteiger partial charge is 0.507 e. The predicted molar refractivity (Wildman–Crippen MR) is 124 cm³/mol. The van der Waals surface area contributed by atoms with E-state index < -0.39 is 23.5 Å². The van der Waals surface area contributed by atoms with Gasteiger partial charge in [0.05, 0.1) is 28.9 Å². The number of aromatic nitrogens is 1. The van der Waals surface area contributed by atoms with Gasteiger partial charge in [0.1, 0.15) is 17.3 Å². The van der Waals surface area contributed by atoms with Crippen LogP contribution in [0.2, 0.25) is 0 Å². The van der Waals surface area contributed by atoms with Crippen LogP contribution in [0.3, 0.4) is 0 Å². The van der Waals surface area contributed by atoms with Gasteiger partial charge in [-0.05, 0) is 35.9 Å². The summed E-state index contributed by atoms with van der Waals surface area (Å²) < 4.78 is 19.7. The van der Waals surface area contributed by atoms with Crippen LogP contribution in [0.4, 0.5) is 9.52 Å². The number of aliphatic hydroxyl groups excluding tert-OH is 1. The molecule has 1 aliphatic heterocycles. The fourth-order valence-electron chi connectivity index (χ4n) is 3.86. The number of halogens is 1. The number of fused-ring (bicyclic) bond motifs is 1. The van der Waals surface area contributed by atoms with Crippen LogP contribution >= 0.6 is 11.3 Å². The highest BCUT2D eigenvalue weighted by atomic mass is 32.1. The smallest absolute Gasteiger partial charge is 0.301 e. The van der Waals surface area contributed by atoms with Crippen LogP contribution in [0.5, 0.6) is 5.75 Å². The number of hydrogen-bond acceptors (Lipinski definition) is 6. The second kappa shape index (κ2) is 8.14. The Morgan fingerprint density at radius 1 is 1.06 bits per heavy atom. The summed E-state index contributed by atoms with van der Waals surface area (Å²) in [6.45, 7) is 0. The van der Waals surface area contributed by atoms with Crippen molar-refractivity contribution >= 4 is 44.1 Å². The lowest BCUT2D eigenvalue weighted by Gasteiger charge is -2.22. The number of amides is 1. The van der Waals surface area contributed by atoms with Crippen molar-refractivity contribution in [2.45, 2.75) is 6.04 Å². The lowest BCUT2D eigenvalue weighted by atomic mass is 9.95. The molecule has 0 saturated carbocycles. The summed E-state index contributed by atoms with van der Waals surface area (Å²) in [7, 11) is 1.56. The minimum absolute atomic E-state index is 0.0744. The molecule has 1 amide bonds. The fraction of sp³-hybridized carbons (Fsp3) is 0.0800. The number of ether oxygens (including phenoxy) is 1. The van der Waals surface area contributed by atoms with Gasteiger partial charge >= 0.3 is 5.91 Å². The van der Waals surface area contributed by atoms with E-state index in [-0.39, 0.29) is 11.3 Å². The Balaban J connectivity index is 1.72. The van der Waals surface area contributed by atoms with Gasteiger partial charge < -0.3 is 9.84 Å². The maximum atomic E-state index is 13.6. The van der Waals surface area contributed by atoms with Crippen molar-refractivity contribution in [2.24, 2.45) is 0 Å². The van der Waals surface area contributed by atoms with E-state index in [1.54, 1.807) is 55.6 Å².